The van der Waals surface area contributed by atoms with Gasteiger partial charge in [-0.25, -0.2) is 19.4 Å². The number of ether oxygens (including phenoxy) is 3. The zero-order chi connectivity index (χ0) is 24.6. The average Bonchev–Trinajstić information content (AvgIpc) is 3.23. The summed E-state index contributed by atoms with van der Waals surface area (Å²) < 4.78 is 15.3. The molecule has 4 N–H and O–H groups in total. The Hall–Kier alpha value is -3.55. The van der Waals surface area contributed by atoms with Gasteiger partial charge in [-0.3, -0.25) is 15.4 Å². The van der Waals surface area contributed by atoms with Crippen LogP contribution in [0.1, 0.15) is 25.1 Å². The van der Waals surface area contributed by atoms with Crippen LogP contribution in [-0.2, 0) is 40.9 Å². The maximum absolute atomic E-state index is 12.2. The highest BCUT2D eigenvalue weighted by atomic mass is 32.1. The monoisotopic (exact) mass is 481 g/mol. The first-order valence-electron chi connectivity index (χ1n) is 9.42. The van der Waals surface area contributed by atoms with Gasteiger partial charge in [0, 0.05) is 5.38 Å². The van der Waals surface area contributed by atoms with E-state index >= 15 is 0 Å². The first-order chi connectivity index (χ1) is 15.5. The Morgan fingerprint density at radius 1 is 1.12 bits per heavy atom. The fourth-order valence-electron chi connectivity index (χ4n) is 2.62. The molecule has 0 spiro atoms. The lowest BCUT2D eigenvalue weighted by Crippen LogP contribution is -2.58. The van der Waals surface area contributed by atoms with Crippen LogP contribution in [0.4, 0.5) is 9.93 Å². The standard InChI is InChI=1S/C20H23N3O9S/c1-19(2,16(28)30-3)32-20(15(26)27,21-9-14(24)25)13-11-33-17(22-13)23-18(29)31-10-12-7-5-4-6-8-12/h4-8,11,21H,9-10H2,1-3H3,(H,24,25)(H,26,27)(H,22,23,29). The van der Waals surface area contributed by atoms with Crippen molar-refractivity contribution in [1.82, 2.24) is 10.3 Å². The van der Waals surface area contributed by atoms with Crippen molar-refractivity contribution in [3.63, 3.8) is 0 Å². The van der Waals surface area contributed by atoms with E-state index in [1.54, 1.807) is 24.3 Å². The molecule has 33 heavy (non-hydrogen) atoms. The molecular weight excluding hydrogens is 458 g/mol. The number of nitrogens with one attached hydrogen (secondary N) is 2. The van der Waals surface area contributed by atoms with Crippen LogP contribution in [0.5, 0.6) is 0 Å². The lowest BCUT2D eigenvalue weighted by atomic mass is 10.1. The number of benzene rings is 1. The third-order valence-electron chi connectivity index (χ3n) is 4.16. The first-order valence-corrected chi connectivity index (χ1v) is 10.3. The highest BCUT2D eigenvalue weighted by Crippen LogP contribution is 2.32. The SMILES string of the molecule is COC(=O)C(C)(C)OC(NCC(=O)O)(C(=O)O)c1csc(NC(=O)OCc2ccccc2)n1. The molecule has 12 nitrogen and oxygen atoms in total. The summed E-state index contributed by atoms with van der Waals surface area (Å²) in [6, 6.07) is 8.93. The molecule has 1 heterocycles. The molecule has 0 aliphatic rings. The molecule has 0 fully saturated rings. The van der Waals surface area contributed by atoms with Crippen LogP contribution in [0, 0.1) is 0 Å². The van der Waals surface area contributed by atoms with Gasteiger partial charge in [-0.1, -0.05) is 30.3 Å². The second kappa shape index (κ2) is 10.8. The van der Waals surface area contributed by atoms with Crippen LogP contribution in [-0.4, -0.2) is 58.5 Å². The van der Waals surface area contributed by atoms with E-state index in [0.717, 1.165) is 24.0 Å². The number of nitrogens with zero attached hydrogens (tertiary/aromatic N) is 1. The zero-order valence-electron chi connectivity index (χ0n) is 18.0. The molecule has 0 radical (unpaired) electrons. The number of carbonyl (C=O) groups excluding carboxylic acids is 2. The molecule has 1 atom stereocenters. The van der Waals surface area contributed by atoms with Crippen LogP contribution in [0.25, 0.3) is 0 Å². The van der Waals surface area contributed by atoms with E-state index in [2.05, 4.69) is 20.4 Å². The van der Waals surface area contributed by atoms with Gasteiger partial charge in [0.15, 0.2) is 10.7 Å². The van der Waals surface area contributed by atoms with Gasteiger partial charge in [0.1, 0.15) is 12.3 Å². The first kappa shape index (κ1) is 25.7. The van der Waals surface area contributed by atoms with E-state index in [1.165, 1.54) is 19.2 Å². The van der Waals surface area contributed by atoms with Crippen molar-refractivity contribution in [2.75, 3.05) is 19.0 Å². The van der Waals surface area contributed by atoms with Gasteiger partial charge in [-0.2, -0.15) is 0 Å². The number of amides is 1. The van der Waals surface area contributed by atoms with Gasteiger partial charge < -0.3 is 24.4 Å². The van der Waals surface area contributed by atoms with Crippen molar-refractivity contribution < 1.29 is 43.6 Å². The van der Waals surface area contributed by atoms with Crippen molar-refractivity contribution in [2.24, 2.45) is 0 Å². The lowest BCUT2D eigenvalue weighted by molar-refractivity contribution is -0.211. The Kier molecular flexibility index (Phi) is 8.45. The summed E-state index contributed by atoms with van der Waals surface area (Å²) in [4.78, 5) is 51.5. The van der Waals surface area contributed by atoms with Gasteiger partial charge >= 0.3 is 24.0 Å². The molecule has 0 saturated heterocycles. The number of thiazole rings is 1. The molecule has 1 aromatic carbocycles. The van der Waals surface area contributed by atoms with Crippen molar-refractivity contribution in [2.45, 2.75) is 31.8 Å². The molecule has 1 amide bonds. The summed E-state index contributed by atoms with van der Waals surface area (Å²) in [7, 11) is 1.09. The number of aliphatic carboxylic acids is 2. The van der Waals surface area contributed by atoms with Crippen molar-refractivity contribution in [3.8, 4) is 0 Å². The van der Waals surface area contributed by atoms with E-state index in [0.29, 0.717) is 0 Å². The molecule has 0 saturated carbocycles. The molecule has 0 bridgehead atoms. The van der Waals surface area contributed by atoms with Crippen molar-refractivity contribution >= 4 is 40.5 Å². The number of anilines is 1. The maximum Gasteiger partial charge on any atom is 0.413 e. The summed E-state index contributed by atoms with van der Waals surface area (Å²) in [5.74, 6) is -3.94. The minimum absolute atomic E-state index is 0.000562. The van der Waals surface area contributed by atoms with E-state index < -0.39 is 41.9 Å². The second-order valence-corrected chi connectivity index (χ2v) is 7.92. The van der Waals surface area contributed by atoms with Crippen LogP contribution in [0.2, 0.25) is 0 Å². The van der Waals surface area contributed by atoms with Gasteiger partial charge in [-0.15, -0.1) is 11.3 Å². The average molecular weight is 481 g/mol. The summed E-state index contributed by atoms with van der Waals surface area (Å²) in [6.45, 7) is 1.68. The molecule has 0 aliphatic carbocycles. The van der Waals surface area contributed by atoms with Crippen LogP contribution in [0.15, 0.2) is 35.7 Å². The van der Waals surface area contributed by atoms with Gasteiger partial charge in [0.25, 0.3) is 5.72 Å². The van der Waals surface area contributed by atoms with Gasteiger partial charge in [-0.05, 0) is 19.4 Å². The van der Waals surface area contributed by atoms with E-state index in [-0.39, 0.29) is 17.4 Å². The summed E-state index contributed by atoms with van der Waals surface area (Å²) >= 11 is 0.848. The van der Waals surface area contributed by atoms with Crippen LogP contribution < -0.4 is 10.6 Å². The smallest absolute Gasteiger partial charge is 0.413 e. The Morgan fingerprint density at radius 2 is 1.79 bits per heavy atom. The molecule has 0 aliphatic heterocycles. The topological polar surface area (TPSA) is 173 Å². The number of carbonyl (C=O) groups is 4. The van der Waals surface area contributed by atoms with E-state index in [1.807, 2.05) is 6.07 Å². The molecular formula is C20H23N3O9S. The molecule has 2 aromatic rings. The third kappa shape index (κ3) is 6.71. The molecule has 13 heteroatoms. The third-order valence-corrected chi connectivity index (χ3v) is 4.92. The number of esters is 1. The van der Waals surface area contributed by atoms with Crippen LogP contribution >= 0.6 is 11.3 Å². The van der Waals surface area contributed by atoms with Crippen LogP contribution in [0.3, 0.4) is 0 Å². The Morgan fingerprint density at radius 3 is 2.36 bits per heavy atom. The number of hydrogen-bond donors (Lipinski definition) is 4. The number of carboxylic acid groups (broad SMARTS) is 2. The number of methoxy groups -OCH3 is 1. The summed E-state index contributed by atoms with van der Waals surface area (Å²) in [6.07, 6.45) is -0.838. The number of rotatable bonds is 11. The van der Waals surface area contributed by atoms with E-state index in [9.17, 15) is 24.3 Å². The molecule has 178 valence electrons. The quantitative estimate of drug-likeness (QED) is 0.272. The normalized spacial score (nSPS) is 12.9. The Labute approximate surface area is 192 Å². The minimum Gasteiger partial charge on any atom is -0.480 e. The molecule has 1 aromatic heterocycles. The zero-order valence-corrected chi connectivity index (χ0v) is 18.8. The van der Waals surface area contributed by atoms with E-state index in [4.69, 9.17) is 14.6 Å². The van der Waals surface area contributed by atoms with Crippen molar-refractivity contribution in [3.05, 3.63) is 47.0 Å². The van der Waals surface area contributed by atoms with Gasteiger partial charge in [0.05, 0.1) is 13.7 Å². The maximum atomic E-state index is 12.2. The van der Waals surface area contributed by atoms with Crippen molar-refractivity contribution in [1.29, 1.82) is 0 Å². The number of aromatic nitrogens is 1. The molecule has 1 unspecified atom stereocenters. The highest BCUT2D eigenvalue weighted by Gasteiger charge is 2.50. The highest BCUT2D eigenvalue weighted by molar-refractivity contribution is 7.13. The fourth-order valence-corrected chi connectivity index (χ4v) is 3.35. The summed E-state index contributed by atoms with van der Waals surface area (Å²) in [5, 5.41) is 24.8. The van der Waals surface area contributed by atoms with Gasteiger partial charge in [0.2, 0.25) is 0 Å². The predicted molar refractivity (Wildman–Crippen MR) is 114 cm³/mol. The minimum atomic E-state index is -2.54. The largest absolute Gasteiger partial charge is 0.480 e. The fraction of sp³-hybridized carbons (Fsp3) is 0.350. The predicted octanol–water partition coefficient (Wildman–Crippen LogP) is 1.77. The number of carboxylic acids is 2. The second-order valence-electron chi connectivity index (χ2n) is 7.06. The Balaban J connectivity index is 2.26. The lowest BCUT2D eigenvalue weighted by Gasteiger charge is -2.35. The number of hydrogen-bond acceptors (Lipinski definition) is 10. The molecule has 2 rings (SSSR count). The summed E-state index contributed by atoms with van der Waals surface area (Å²) in [5.41, 5.74) is -3.88. The Bertz CT molecular complexity index is 1010.